The number of hydrogen-bond donors (Lipinski definition) is 1. The average Bonchev–Trinajstić information content (AvgIpc) is 3.56. The highest BCUT2D eigenvalue weighted by molar-refractivity contribution is 7.17. The minimum atomic E-state index is -0.735. The average molecular weight is 504 g/mol. The molecular weight excluding hydrogens is 478 g/mol. The minimum absolute atomic E-state index is 0.00179. The molecule has 11 heteroatoms. The van der Waals surface area contributed by atoms with Crippen LogP contribution in [-0.2, 0) is 14.3 Å². The summed E-state index contributed by atoms with van der Waals surface area (Å²) in [6, 6.07) is 0.469. The first-order valence-electron chi connectivity index (χ1n) is 11.6. The van der Waals surface area contributed by atoms with Crippen LogP contribution < -0.4 is 5.32 Å². The highest BCUT2D eigenvalue weighted by Gasteiger charge is 2.53. The molecule has 2 aliphatic heterocycles. The maximum absolute atomic E-state index is 13.7. The predicted molar refractivity (Wildman–Crippen MR) is 126 cm³/mol. The van der Waals surface area contributed by atoms with Gasteiger partial charge in [0.2, 0.25) is 5.91 Å². The minimum Gasteiger partial charge on any atom is -0.366 e. The van der Waals surface area contributed by atoms with Crippen LogP contribution in [0.4, 0.5) is 0 Å². The molecule has 0 aromatic carbocycles. The fourth-order valence-electron chi connectivity index (χ4n) is 5.17. The molecule has 180 valence electrons. The Morgan fingerprint density at radius 3 is 2.82 bits per heavy atom. The number of aromatic nitrogens is 3. The topological polar surface area (TPSA) is 114 Å². The van der Waals surface area contributed by atoms with Gasteiger partial charge in [-0.15, -0.1) is 22.9 Å². The number of Topliss-reactive ketones (excluding diaryl/α,β-unsaturated/α-hetero) is 1. The van der Waals surface area contributed by atoms with Crippen LogP contribution in [0.1, 0.15) is 47.6 Å². The molecule has 4 unspecified atom stereocenters. The van der Waals surface area contributed by atoms with Crippen molar-refractivity contribution in [1.29, 1.82) is 0 Å². The van der Waals surface area contributed by atoms with Crippen LogP contribution in [0.2, 0.25) is 0 Å². The zero-order valence-electron chi connectivity index (χ0n) is 18.8. The van der Waals surface area contributed by atoms with Gasteiger partial charge in [0.25, 0.3) is 5.91 Å². The lowest BCUT2D eigenvalue weighted by atomic mass is 9.83. The van der Waals surface area contributed by atoms with Crippen molar-refractivity contribution in [1.82, 2.24) is 25.4 Å². The van der Waals surface area contributed by atoms with E-state index < -0.39 is 29.5 Å². The van der Waals surface area contributed by atoms with Gasteiger partial charge in [0.05, 0.1) is 22.1 Å². The van der Waals surface area contributed by atoms with Crippen molar-refractivity contribution in [3.8, 4) is 10.4 Å². The van der Waals surface area contributed by atoms with Crippen molar-refractivity contribution >= 4 is 40.5 Å². The Balaban J connectivity index is 1.37. The molecule has 2 aromatic rings. The van der Waals surface area contributed by atoms with Crippen LogP contribution in [0.5, 0.6) is 0 Å². The van der Waals surface area contributed by atoms with E-state index in [4.69, 9.17) is 16.3 Å². The third-order valence-corrected chi connectivity index (χ3v) is 8.27. The zero-order valence-corrected chi connectivity index (χ0v) is 20.3. The van der Waals surface area contributed by atoms with Gasteiger partial charge in [-0.25, -0.2) is 4.98 Å². The highest BCUT2D eigenvalue weighted by atomic mass is 35.5. The van der Waals surface area contributed by atoms with E-state index >= 15 is 0 Å². The Kier molecular flexibility index (Phi) is 6.63. The summed E-state index contributed by atoms with van der Waals surface area (Å²) < 4.78 is 5.53. The first-order valence-corrected chi connectivity index (χ1v) is 12.8. The second kappa shape index (κ2) is 9.67. The SMILES string of the molecule is Cc1cc(-c2cnc(C(=O)NC(C(=O)N3CC(Cl)C4OCC(=O)C43)C3CCCCC3)s2)cnn1. The Labute approximate surface area is 206 Å². The van der Waals surface area contributed by atoms with E-state index in [-0.39, 0.29) is 35.8 Å². The number of ether oxygens (including phenoxy) is 1. The Hall–Kier alpha value is -2.43. The molecule has 34 heavy (non-hydrogen) atoms. The molecule has 9 nitrogen and oxygen atoms in total. The molecule has 1 aliphatic carbocycles. The summed E-state index contributed by atoms with van der Waals surface area (Å²) in [5.41, 5.74) is 1.60. The van der Waals surface area contributed by atoms with E-state index in [0.717, 1.165) is 48.2 Å². The molecule has 4 atom stereocenters. The molecule has 0 bridgehead atoms. The number of ketones is 1. The molecule has 2 saturated heterocycles. The third-order valence-electron chi connectivity index (χ3n) is 6.84. The van der Waals surface area contributed by atoms with Crippen molar-refractivity contribution in [2.75, 3.05) is 13.2 Å². The van der Waals surface area contributed by atoms with E-state index in [9.17, 15) is 14.4 Å². The second-order valence-electron chi connectivity index (χ2n) is 9.16. The number of alkyl halides is 1. The number of thiazole rings is 1. The van der Waals surface area contributed by atoms with Gasteiger partial charge < -0.3 is 15.0 Å². The number of hydrogen-bond acceptors (Lipinski definition) is 8. The molecule has 5 rings (SSSR count). The monoisotopic (exact) mass is 503 g/mol. The molecule has 2 aromatic heterocycles. The van der Waals surface area contributed by atoms with Gasteiger partial charge >= 0.3 is 0 Å². The van der Waals surface area contributed by atoms with Crippen LogP contribution in [-0.4, -0.2) is 74.4 Å². The third kappa shape index (κ3) is 4.46. The van der Waals surface area contributed by atoms with Crippen molar-refractivity contribution in [3.63, 3.8) is 0 Å². The van der Waals surface area contributed by atoms with Gasteiger partial charge in [-0.3, -0.25) is 14.4 Å². The fraction of sp³-hybridized carbons (Fsp3) is 0.565. The molecule has 4 heterocycles. The standard InChI is InChI=1S/C23H26ClN5O4S/c1-12-7-14(8-26-28-12)17-9-25-22(34-17)21(31)27-18(13-5-3-2-4-6-13)23(32)29-10-15(24)20-19(29)16(30)11-33-20/h7-9,13,15,18-20H,2-6,10-11H2,1H3,(H,27,31). The van der Waals surface area contributed by atoms with Crippen LogP contribution in [0, 0.1) is 12.8 Å². The van der Waals surface area contributed by atoms with Gasteiger partial charge in [0.15, 0.2) is 10.8 Å². The Morgan fingerprint density at radius 1 is 1.26 bits per heavy atom. The predicted octanol–water partition coefficient (Wildman–Crippen LogP) is 2.37. The number of halogens is 1. The number of rotatable bonds is 5. The smallest absolute Gasteiger partial charge is 0.280 e. The summed E-state index contributed by atoms with van der Waals surface area (Å²) in [7, 11) is 0. The number of carbonyl (C=O) groups is 3. The van der Waals surface area contributed by atoms with Gasteiger partial charge in [-0.05, 0) is 31.7 Å². The Morgan fingerprint density at radius 2 is 2.06 bits per heavy atom. The number of amides is 2. The molecular formula is C23H26ClN5O4S. The van der Waals surface area contributed by atoms with E-state index in [0.29, 0.717) is 0 Å². The number of aryl methyl sites for hydroxylation is 1. The Bertz CT molecular complexity index is 1100. The number of nitrogens with zero attached hydrogens (tertiary/aromatic N) is 4. The van der Waals surface area contributed by atoms with E-state index in [1.54, 1.807) is 12.4 Å². The zero-order chi connectivity index (χ0) is 23.8. The van der Waals surface area contributed by atoms with E-state index in [1.807, 2.05) is 13.0 Å². The summed E-state index contributed by atoms with van der Waals surface area (Å²) in [5.74, 6) is -0.794. The van der Waals surface area contributed by atoms with Gasteiger partial charge in [0, 0.05) is 18.3 Å². The normalized spacial score (nSPS) is 25.9. The lowest BCUT2D eigenvalue weighted by Crippen LogP contribution is -2.55. The van der Waals surface area contributed by atoms with Crippen molar-refractivity contribution in [3.05, 3.63) is 29.2 Å². The number of carbonyl (C=O) groups excluding carboxylic acids is 3. The van der Waals surface area contributed by atoms with Gasteiger partial charge in [-0.1, -0.05) is 19.3 Å². The number of nitrogens with one attached hydrogen (secondary N) is 1. The number of fused-ring (bicyclic) bond motifs is 1. The van der Waals surface area contributed by atoms with Crippen LogP contribution in [0.3, 0.4) is 0 Å². The fourth-order valence-corrected chi connectivity index (χ4v) is 6.33. The summed E-state index contributed by atoms with van der Waals surface area (Å²) >= 11 is 7.65. The van der Waals surface area contributed by atoms with E-state index in [1.165, 1.54) is 16.2 Å². The summed E-state index contributed by atoms with van der Waals surface area (Å²) in [5, 5.41) is 10.7. The lowest BCUT2D eigenvalue weighted by Gasteiger charge is -2.34. The lowest BCUT2D eigenvalue weighted by molar-refractivity contribution is -0.139. The van der Waals surface area contributed by atoms with Crippen molar-refractivity contribution < 1.29 is 19.1 Å². The number of likely N-dealkylation sites (tertiary alicyclic amines) is 1. The van der Waals surface area contributed by atoms with Crippen LogP contribution in [0.15, 0.2) is 18.5 Å². The molecule has 3 aliphatic rings. The molecule has 0 radical (unpaired) electrons. The maximum atomic E-state index is 13.7. The largest absolute Gasteiger partial charge is 0.366 e. The summed E-state index contributed by atoms with van der Waals surface area (Å²) in [4.78, 5) is 46.0. The molecule has 0 spiro atoms. The molecule has 1 saturated carbocycles. The van der Waals surface area contributed by atoms with Crippen LogP contribution >= 0.6 is 22.9 Å². The van der Waals surface area contributed by atoms with Crippen LogP contribution in [0.25, 0.3) is 10.4 Å². The molecule has 3 fully saturated rings. The summed E-state index contributed by atoms with van der Waals surface area (Å²) in [6.45, 7) is 2.05. The van der Waals surface area contributed by atoms with Gasteiger partial charge in [0.1, 0.15) is 24.8 Å². The first-order chi connectivity index (χ1) is 16.4. The van der Waals surface area contributed by atoms with E-state index in [2.05, 4.69) is 20.5 Å². The van der Waals surface area contributed by atoms with Crippen molar-refractivity contribution in [2.45, 2.75) is 62.6 Å². The maximum Gasteiger partial charge on any atom is 0.280 e. The summed E-state index contributed by atoms with van der Waals surface area (Å²) in [6.07, 6.45) is 7.59. The molecule has 2 amide bonds. The second-order valence-corrected chi connectivity index (χ2v) is 10.7. The quantitative estimate of drug-likeness (QED) is 0.623. The van der Waals surface area contributed by atoms with Crippen molar-refractivity contribution in [2.24, 2.45) is 5.92 Å². The molecule has 1 N–H and O–H groups in total. The first kappa shape index (κ1) is 23.3. The van der Waals surface area contributed by atoms with Gasteiger partial charge in [-0.2, -0.15) is 10.2 Å². The highest BCUT2D eigenvalue weighted by Crippen LogP contribution is 2.34.